The second-order valence-corrected chi connectivity index (χ2v) is 4.76. The predicted molar refractivity (Wildman–Crippen MR) is 82.1 cm³/mol. The van der Waals surface area contributed by atoms with Crippen LogP contribution in [0.15, 0.2) is 48.5 Å². The van der Waals surface area contributed by atoms with Gasteiger partial charge in [-0.2, -0.15) is 0 Å². The van der Waals surface area contributed by atoms with Gasteiger partial charge in [0.1, 0.15) is 11.8 Å². The summed E-state index contributed by atoms with van der Waals surface area (Å²) in [4.78, 5) is 11.3. The van der Waals surface area contributed by atoms with Gasteiger partial charge in [-0.05, 0) is 35.2 Å². The first-order valence-electron chi connectivity index (χ1n) is 6.71. The lowest BCUT2D eigenvalue weighted by molar-refractivity contribution is -0.142. The molecule has 0 amide bonds. The Kier molecular flexibility index (Phi) is 4.95. The zero-order valence-electron chi connectivity index (χ0n) is 12.2. The lowest BCUT2D eigenvalue weighted by Gasteiger charge is -2.10. The van der Waals surface area contributed by atoms with Crippen molar-refractivity contribution in [2.75, 3.05) is 14.2 Å². The molecule has 0 aliphatic rings. The Hall–Kier alpha value is -2.33. The SMILES string of the molecule is COC(=O)C(N)Cc1ccc(-c2cccc(OC)c2)cc1. The van der Waals surface area contributed by atoms with Gasteiger partial charge >= 0.3 is 5.97 Å². The van der Waals surface area contributed by atoms with Crippen molar-refractivity contribution in [3.8, 4) is 16.9 Å². The van der Waals surface area contributed by atoms with Gasteiger partial charge in [0.2, 0.25) is 0 Å². The van der Waals surface area contributed by atoms with E-state index in [2.05, 4.69) is 4.74 Å². The van der Waals surface area contributed by atoms with Crippen LogP contribution in [-0.4, -0.2) is 26.2 Å². The number of carbonyl (C=O) groups excluding carboxylic acids is 1. The van der Waals surface area contributed by atoms with Crippen LogP contribution < -0.4 is 10.5 Å². The second-order valence-electron chi connectivity index (χ2n) is 4.76. The number of methoxy groups -OCH3 is 2. The zero-order valence-corrected chi connectivity index (χ0v) is 12.2. The third-order valence-electron chi connectivity index (χ3n) is 3.32. The summed E-state index contributed by atoms with van der Waals surface area (Å²) in [6, 6.07) is 15.2. The Morgan fingerprint density at radius 2 is 1.81 bits per heavy atom. The average Bonchev–Trinajstić information content (AvgIpc) is 2.54. The van der Waals surface area contributed by atoms with E-state index in [4.69, 9.17) is 10.5 Å². The van der Waals surface area contributed by atoms with E-state index >= 15 is 0 Å². The number of benzene rings is 2. The molecule has 4 heteroatoms. The summed E-state index contributed by atoms with van der Waals surface area (Å²) in [5.74, 6) is 0.427. The molecule has 0 radical (unpaired) electrons. The highest BCUT2D eigenvalue weighted by atomic mass is 16.5. The van der Waals surface area contributed by atoms with Crippen LogP contribution in [0, 0.1) is 0 Å². The van der Waals surface area contributed by atoms with Crippen molar-refractivity contribution in [1.29, 1.82) is 0 Å². The summed E-state index contributed by atoms with van der Waals surface area (Å²) >= 11 is 0. The highest BCUT2D eigenvalue weighted by Gasteiger charge is 2.14. The van der Waals surface area contributed by atoms with Gasteiger partial charge in [-0.1, -0.05) is 36.4 Å². The normalized spacial score (nSPS) is 11.8. The number of esters is 1. The van der Waals surface area contributed by atoms with E-state index in [-0.39, 0.29) is 0 Å². The number of rotatable bonds is 5. The number of carbonyl (C=O) groups is 1. The lowest BCUT2D eigenvalue weighted by Crippen LogP contribution is -2.33. The van der Waals surface area contributed by atoms with E-state index in [0.717, 1.165) is 22.4 Å². The second kappa shape index (κ2) is 6.90. The van der Waals surface area contributed by atoms with Gasteiger partial charge in [-0.15, -0.1) is 0 Å². The van der Waals surface area contributed by atoms with Crippen LogP contribution in [0.3, 0.4) is 0 Å². The fourth-order valence-corrected chi connectivity index (χ4v) is 2.12. The highest BCUT2D eigenvalue weighted by Crippen LogP contribution is 2.24. The molecule has 2 N–H and O–H groups in total. The van der Waals surface area contributed by atoms with Crippen molar-refractivity contribution < 1.29 is 14.3 Å². The molecule has 0 heterocycles. The van der Waals surface area contributed by atoms with E-state index in [0.29, 0.717) is 6.42 Å². The van der Waals surface area contributed by atoms with Gasteiger partial charge < -0.3 is 15.2 Å². The van der Waals surface area contributed by atoms with Crippen LogP contribution in [0.4, 0.5) is 0 Å². The number of nitrogens with two attached hydrogens (primary N) is 1. The van der Waals surface area contributed by atoms with Crippen LogP contribution in [-0.2, 0) is 16.0 Å². The molecule has 0 saturated heterocycles. The first-order chi connectivity index (χ1) is 10.1. The quantitative estimate of drug-likeness (QED) is 0.857. The number of hydrogen-bond acceptors (Lipinski definition) is 4. The van der Waals surface area contributed by atoms with Crippen molar-refractivity contribution in [3.05, 3.63) is 54.1 Å². The molecule has 2 aromatic carbocycles. The van der Waals surface area contributed by atoms with Gasteiger partial charge in [0.15, 0.2) is 0 Å². The fourth-order valence-electron chi connectivity index (χ4n) is 2.12. The Morgan fingerprint density at radius 1 is 1.10 bits per heavy atom. The summed E-state index contributed by atoms with van der Waals surface area (Å²) in [5.41, 5.74) is 8.92. The molecule has 0 aliphatic carbocycles. The largest absolute Gasteiger partial charge is 0.497 e. The fraction of sp³-hybridized carbons (Fsp3) is 0.235. The first kappa shape index (κ1) is 15.1. The lowest BCUT2D eigenvalue weighted by atomic mass is 10.0. The molecule has 110 valence electrons. The van der Waals surface area contributed by atoms with Crippen LogP contribution in [0.1, 0.15) is 5.56 Å². The molecule has 2 aromatic rings. The standard InChI is InChI=1S/C17H19NO3/c1-20-15-5-3-4-14(11-15)13-8-6-12(7-9-13)10-16(18)17(19)21-2/h3-9,11,16H,10,18H2,1-2H3. The third kappa shape index (κ3) is 3.83. The van der Waals surface area contributed by atoms with E-state index in [1.807, 2.05) is 48.5 Å². The molecule has 0 bridgehead atoms. The minimum Gasteiger partial charge on any atom is -0.497 e. The van der Waals surface area contributed by atoms with Crippen molar-refractivity contribution in [3.63, 3.8) is 0 Å². The number of hydrogen-bond donors (Lipinski definition) is 1. The van der Waals surface area contributed by atoms with Gasteiger partial charge in [-0.3, -0.25) is 4.79 Å². The maximum absolute atomic E-state index is 11.3. The van der Waals surface area contributed by atoms with Crippen molar-refractivity contribution in [1.82, 2.24) is 0 Å². The third-order valence-corrected chi connectivity index (χ3v) is 3.32. The summed E-state index contributed by atoms with van der Waals surface area (Å²) < 4.78 is 9.85. The number of ether oxygens (including phenoxy) is 2. The molecule has 0 aromatic heterocycles. The highest BCUT2D eigenvalue weighted by molar-refractivity contribution is 5.75. The van der Waals surface area contributed by atoms with E-state index in [9.17, 15) is 4.79 Å². The van der Waals surface area contributed by atoms with E-state index < -0.39 is 12.0 Å². The van der Waals surface area contributed by atoms with Crippen LogP contribution in [0.25, 0.3) is 11.1 Å². The average molecular weight is 285 g/mol. The molecule has 0 aliphatic heterocycles. The summed E-state index contributed by atoms with van der Waals surface area (Å²) in [5, 5.41) is 0. The van der Waals surface area contributed by atoms with Gasteiger partial charge in [0, 0.05) is 0 Å². The predicted octanol–water partition coefficient (Wildman–Crippen LogP) is 2.41. The molecule has 1 unspecified atom stereocenters. The Labute approximate surface area is 124 Å². The monoisotopic (exact) mass is 285 g/mol. The summed E-state index contributed by atoms with van der Waals surface area (Å²) in [6.07, 6.45) is 0.463. The zero-order chi connectivity index (χ0) is 15.2. The van der Waals surface area contributed by atoms with E-state index in [1.165, 1.54) is 7.11 Å². The maximum Gasteiger partial charge on any atom is 0.322 e. The maximum atomic E-state index is 11.3. The Morgan fingerprint density at radius 3 is 2.43 bits per heavy atom. The molecule has 2 rings (SSSR count). The van der Waals surface area contributed by atoms with Crippen molar-refractivity contribution >= 4 is 5.97 Å². The van der Waals surface area contributed by atoms with Crippen LogP contribution in [0.5, 0.6) is 5.75 Å². The molecule has 1 atom stereocenters. The van der Waals surface area contributed by atoms with Gasteiger partial charge in [0.05, 0.1) is 14.2 Å². The van der Waals surface area contributed by atoms with Crippen LogP contribution in [0.2, 0.25) is 0 Å². The Balaban J connectivity index is 2.13. The molecule has 0 spiro atoms. The molecular formula is C17H19NO3. The van der Waals surface area contributed by atoms with E-state index in [1.54, 1.807) is 7.11 Å². The van der Waals surface area contributed by atoms with Gasteiger partial charge in [0.25, 0.3) is 0 Å². The minimum atomic E-state index is -0.627. The van der Waals surface area contributed by atoms with Crippen molar-refractivity contribution in [2.45, 2.75) is 12.5 Å². The topological polar surface area (TPSA) is 61.5 Å². The van der Waals surface area contributed by atoms with Crippen molar-refractivity contribution in [2.24, 2.45) is 5.73 Å². The Bertz CT molecular complexity index is 608. The molecule has 0 saturated carbocycles. The smallest absolute Gasteiger partial charge is 0.322 e. The summed E-state index contributed by atoms with van der Waals surface area (Å²) in [6.45, 7) is 0. The molecule has 4 nitrogen and oxygen atoms in total. The van der Waals surface area contributed by atoms with Crippen LogP contribution >= 0.6 is 0 Å². The molecule has 0 fully saturated rings. The first-order valence-corrected chi connectivity index (χ1v) is 6.71. The summed E-state index contributed by atoms with van der Waals surface area (Å²) in [7, 11) is 2.99. The van der Waals surface area contributed by atoms with Gasteiger partial charge in [-0.25, -0.2) is 0 Å². The molecular weight excluding hydrogens is 266 g/mol. The minimum absolute atomic E-state index is 0.396. The molecule has 21 heavy (non-hydrogen) atoms.